The Morgan fingerprint density at radius 3 is 2.83 bits per heavy atom. The molecular weight excluding hydrogens is 246 g/mol. The van der Waals surface area contributed by atoms with Gasteiger partial charge in [-0.25, -0.2) is 0 Å². The minimum Gasteiger partial charge on any atom is -0.356 e. The lowest BCUT2D eigenvalue weighted by Gasteiger charge is -2.31. The fraction of sp³-hybridized carbons (Fsp3) is 0.615. The molecule has 18 heavy (non-hydrogen) atoms. The van der Waals surface area contributed by atoms with Crippen LogP contribution < -0.4 is 11.1 Å². The average molecular weight is 269 g/mol. The van der Waals surface area contributed by atoms with Gasteiger partial charge < -0.3 is 11.1 Å². The van der Waals surface area contributed by atoms with Crippen molar-refractivity contribution in [3.8, 4) is 0 Å². The van der Waals surface area contributed by atoms with Crippen LogP contribution in [-0.2, 0) is 4.79 Å². The second-order valence-electron chi connectivity index (χ2n) is 4.40. The zero-order valence-corrected chi connectivity index (χ0v) is 12.2. The highest BCUT2D eigenvalue weighted by atomic mass is 32.1. The minimum atomic E-state index is 0.0678. The van der Waals surface area contributed by atoms with Crippen LogP contribution in [0.15, 0.2) is 17.5 Å². The van der Waals surface area contributed by atoms with Gasteiger partial charge in [0.15, 0.2) is 0 Å². The maximum atomic E-state index is 11.6. The molecular formula is C13H23N3OS. The quantitative estimate of drug-likeness (QED) is 0.790. The van der Waals surface area contributed by atoms with Crippen LogP contribution in [0.1, 0.15) is 31.2 Å². The van der Waals surface area contributed by atoms with Crippen molar-refractivity contribution in [1.82, 2.24) is 10.2 Å². The zero-order valence-electron chi connectivity index (χ0n) is 11.3. The van der Waals surface area contributed by atoms with Crippen molar-refractivity contribution in [2.75, 3.05) is 20.1 Å². The normalized spacial score (nSPS) is 14.5. The standard InChI is InChI=1S/C13H23N3OS/c1-4-15-13(17)8-11(9-14)16(3)10(2)12-6-5-7-18-12/h5-7,10-11H,4,8-9,14H2,1-3H3,(H,15,17). The highest BCUT2D eigenvalue weighted by molar-refractivity contribution is 7.10. The van der Waals surface area contributed by atoms with E-state index in [2.05, 4.69) is 28.6 Å². The van der Waals surface area contributed by atoms with Crippen molar-refractivity contribution in [3.05, 3.63) is 22.4 Å². The molecule has 0 aliphatic carbocycles. The third-order valence-electron chi connectivity index (χ3n) is 3.21. The fourth-order valence-corrected chi connectivity index (χ4v) is 2.76. The summed E-state index contributed by atoms with van der Waals surface area (Å²) in [6.45, 7) is 5.23. The van der Waals surface area contributed by atoms with E-state index in [0.717, 1.165) is 0 Å². The number of hydrogen-bond acceptors (Lipinski definition) is 4. The van der Waals surface area contributed by atoms with Gasteiger partial charge in [-0.05, 0) is 32.3 Å². The first-order valence-electron chi connectivity index (χ1n) is 6.32. The number of thiophene rings is 1. The largest absolute Gasteiger partial charge is 0.356 e. The van der Waals surface area contributed by atoms with Crippen molar-refractivity contribution < 1.29 is 4.79 Å². The van der Waals surface area contributed by atoms with Gasteiger partial charge in [0.2, 0.25) is 5.91 Å². The lowest BCUT2D eigenvalue weighted by atomic mass is 10.1. The number of hydrogen-bond donors (Lipinski definition) is 2. The van der Waals surface area contributed by atoms with Crippen LogP contribution in [0.3, 0.4) is 0 Å². The van der Waals surface area contributed by atoms with Gasteiger partial charge in [0.05, 0.1) is 0 Å². The molecule has 0 aromatic carbocycles. The van der Waals surface area contributed by atoms with Gasteiger partial charge in [0, 0.05) is 36.5 Å². The number of amides is 1. The first-order valence-corrected chi connectivity index (χ1v) is 7.20. The predicted molar refractivity (Wildman–Crippen MR) is 76.6 cm³/mol. The van der Waals surface area contributed by atoms with Crippen LogP contribution in [0.4, 0.5) is 0 Å². The molecule has 1 heterocycles. The van der Waals surface area contributed by atoms with E-state index in [1.54, 1.807) is 11.3 Å². The highest BCUT2D eigenvalue weighted by Gasteiger charge is 2.22. The van der Waals surface area contributed by atoms with Gasteiger partial charge in [-0.2, -0.15) is 0 Å². The summed E-state index contributed by atoms with van der Waals surface area (Å²) in [4.78, 5) is 15.1. The maximum absolute atomic E-state index is 11.6. The molecule has 5 heteroatoms. The van der Waals surface area contributed by atoms with Gasteiger partial charge >= 0.3 is 0 Å². The molecule has 0 saturated carbocycles. The molecule has 0 radical (unpaired) electrons. The number of carbonyl (C=O) groups excluding carboxylic acids is 1. The number of rotatable bonds is 7. The van der Waals surface area contributed by atoms with E-state index in [4.69, 9.17) is 5.73 Å². The Labute approximate surface area is 113 Å². The van der Waals surface area contributed by atoms with E-state index in [1.165, 1.54) is 4.88 Å². The summed E-state index contributed by atoms with van der Waals surface area (Å²) < 4.78 is 0. The van der Waals surface area contributed by atoms with Crippen LogP contribution in [0, 0.1) is 0 Å². The van der Waals surface area contributed by atoms with Crippen LogP contribution >= 0.6 is 11.3 Å². The molecule has 1 aromatic rings. The lowest BCUT2D eigenvalue weighted by Crippen LogP contribution is -2.42. The number of nitrogens with one attached hydrogen (secondary N) is 1. The van der Waals surface area contributed by atoms with Gasteiger partial charge in [-0.15, -0.1) is 11.3 Å². The van der Waals surface area contributed by atoms with Gasteiger partial charge in [-0.3, -0.25) is 9.69 Å². The Morgan fingerprint density at radius 1 is 1.61 bits per heavy atom. The van der Waals surface area contributed by atoms with Crippen LogP contribution in [0.25, 0.3) is 0 Å². The van der Waals surface area contributed by atoms with E-state index in [-0.39, 0.29) is 18.0 Å². The summed E-state index contributed by atoms with van der Waals surface area (Å²) in [7, 11) is 2.03. The van der Waals surface area contributed by atoms with Crippen molar-refractivity contribution in [3.63, 3.8) is 0 Å². The second kappa shape index (κ2) is 7.51. The minimum absolute atomic E-state index is 0.0678. The Hall–Kier alpha value is -0.910. The van der Waals surface area contributed by atoms with E-state index in [9.17, 15) is 4.79 Å². The molecule has 0 fully saturated rings. The molecule has 1 amide bonds. The number of likely N-dealkylation sites (N-methyl/N-ethyl adjacent to an activating group) is 1. The van der Waals surface area contributed by atoms with E-state index >= 15 is 0 Å². The molecule has 0 aliphatic heterocycles. The zero-order chi connectivity index (χ0) is 13.5. The highest BCUT2D eigenvalue weighted by Crippen LogP contribution is 2.25. The van der Waals surface area contributed by atoms with Crippen molar-refractivity contribution in [2.45, 2.75) is 32.4 Å². The van der Waals surface area contributed by atoms with E-state index < -0.39 is 0 Å². The SMILES string of the molecule is CCNC(=O)CC(CN)N(C)C(C)c1cccs1. The van der Waals surface area contributed by atoms with Crippen LogP contribution in [-0.4, -0.2) is 37.0 Å². The summed E-state index contributed by atoms with van der Waals surface area (Å²) in [5.74, 6) is 0.0678. The molecule has 1 aromatic heterocycles. The summed E-state index contributed by atoms with van der Waals surface area (Å²) in [5.41, 5.74) is 5.79. The predicted octanol–water partition coefficient (Wildman–Crippen LogP) is 1.59. The molecule has 2 atom stereocenters. The van der Waals surface area contributed by atoms with E-state index in [1.807, 2.05) is 20.0 Å². The number of carbonyl (C=O) groups is 1. The summed E-state index contributed by atoms with van der Waals surface area (Å²) in [6.07, 6.45) is 0.455. The summed E-state index contributed by atoms with van der Waals surface area (Å²) in [6, 6.07) is 4.53. The second-order valence-corrected chi connectivity index (χ2v) is 5.38. The monoisotopic (exact) mass is 269 g/mol. The molecule has 0 spiro atoms. The van der Waals surface area contributed by atoms with Crippen LogP contribution in [0.2, 0.25) is 0 Å². The third kappa shape index (κ3) is 4.08. The Balaban J connectivity index is 2.61. The molecule has 0 bridgehead atoms. The van der Waals surface area contributed by atoms with Gasteiger partial charge in [0.1, 0.15) is 0 Å². The third-order valence-corrected chi connectivity index (χ3v) is 4.25. The first kappa shape index (κ1) is 15.1. The van der Waals surface area contributed by atoms with Crippen molar-refractivity contribution in [2.24, 2.45) is 5.73 Å². The van der Waals surface area contributed by atoms with Gasteiger partial charge in [-0.1, -0.05) is 6.07 Å². The average Bonchev–Trinajstić information content (AvgIpc) is 2.88. The summed E-state index contributed by atoms with van der Waals surface area (Å²) in [5, 5.41) is 4.89. The van der Waals surface area contributed by atoms with Crippen molar-refractivity contribution in [1.29, 1.82) is 0 Å². The smallest absolute Gasteiger partial charge is 0.221 e. The Bertz CT molecular complexity index is 353. The van der Waals surface area contributed by atoms with Crippen molar-refractivity contribution >= 4 is 17.2 Å². The van der Waals surface area contributed by atoms with Gasteiger partial charge in [0.25, 0.3) is 0 Å². The number of nitrogens with two attached hydrogens (primary N) is 1. The Kier molecular flexibility index (Phi) is 6.32. The lowest BCUT2D eigenvalue weighted by molar-refractivity contribution is -0.122. The summed E-state index contributed by atoms with van der Waals surface area (Å²) >= 11 is 1.73. The maximum Gasteiger partial charge on any atom is 0.221 e. The van der Waals surface area contributed by atoms with E-state index in [0.29, 0.717) is 19.5 Å². The molecule has 102 valence electrons. The molecule has 1 rings (SSSR count). The molecule has 0 aliphatic rings. The first-order chi connectivity index (χ1) is 8.60. The molecule has 4 nitrogen and oxygen atoms in total. The molecule has 3 N–H and O–H groups in total. The molecule has 0 saturated heterocycles. The topological polar surface area (TPSA) is 58.4 Å². The van der Waals surface area contributed by atoms with Crippen LogP contribution in [0.5, 0.6) is 0 Å². The Morgan fingerprint density at radius 2 is 2.33 bits per heavy atom. The molecule has 2 unspecified atom stereocenters. The fourth-order valence-electron chi connectivity index (χ4n) is 1.92. The number of nitrogens with zero attached hydrogens (tertiary/aromatic N) is 1.